The number of carbonyl (C=O) groups is 1. The highest BCUT2D eigenvalue weighted by Crippen LogP contribution is 2.28. The quantitative estimate of drug-likeness (QED) is 0.843. The smallest absolute Gasteiger partial charge is 0.410 e. The average Bonchev–Trinajstić information content (AvgIpc) is 2.44. The van der Waals surface area contributed by atoms with Gasteiger partial charge in [0, 0.05) is 11.2 Å². The van der Waals surface area contributed by atoms with Gasteiger partial charge in [-0.25, -0.2) is 4.79 Å². The lowest BCUT2D eigenvalue weighted by atomic mass is 9.98. The molecule has 0 bridgehead atoms. The summed E-state index contributed by atoms with van der Waals surface area (Å²) in [6.07, 6.45) is 2.59. The van der Waals surface area contributed by atoms with Crippen LogP contribution in [0.15, 0.2) is 35.5 Å². The standard InChI is InChI=1S/C15H20ClNO2/c1-4-11(3)13-8-6-7-9-14(13)19-15(18)17-10-12(16)5-2/h6-11H,4-5H2,1-3H3,(H,17,18). The minimum atomic E-state index is -0.526. The van der Waals surface area contributed by atoms with Gasteiger partial charge in [-0.2, -0.15) is 0 Å². The summed E-state index contributed by atoms with van der Waals surface area (Å²) in [4.78, 5) is 11.7. The largest absolute Gasteiger partial charge is 0.416 e. The molecule has 0 radical (unpaired) electrons. The number of carbonyl (C=O) groups excluding carboxylic acids is 1. The molecule has 0 aliphatic rings. The zero-order valence-electron chi connectivity index (χ0n) is 11.6. The Morgan fingerprint density at radius 3 is 2.74 bits per heavy atom. The number of hydrogen-bond acceptors (Lipinski definition) is 2. The number of para-hydroxylation sites is 1. The first-order valence-electron chi connectivity index (χ1n) is 6.50. The van der Waals surface area contributed by atoms with Crippen molar-refractivity contribution in [3.05, 3.63) is 41.1 Å². The molecular weight excluding hydrogens is 262 g/mol. The van der Waals surface area contributed by atoms with Crippen molar-refractivity contribution in [1.29, 1.82) is 0 Å². The van der Waals surface area contributed by atoms with Crippen LogP contribution in [0, 0.1) is 0 Å². The Morgan fingerprint density at radius 1 is 1.42 bits per heavy atom. The predicted molar refractivity (Wildman–Crippen MR) is 78.5 cm³/mol. The zero-order valence-corrected chi connectivity index (χ0v) is 12.3. The second-order valence-corrected chi connectivity index (χ2v) is 4.81. The fourth-order valence-electron chi connectivity index (χ4n) is 1.57. The van der Waals surface area contributed by atoms with Gasteiger partial charge in [-0.05, 0) is 30.4 Å². The van der Waals surface area contributed by atoms with Crippen LogP contribution in [-0.4, -0.2) is 6.09 Å². The molecule has 3 nitrogen and oxygen atoms in total. The third kappa shape index (κ3) is 4.95. The first-order valence-corrected chi connectivity index (χ1v) is 6.88. The molecule has 1 aromatic rings. The Labute approximate surface area is 119 Å². The maximum absolute atomic E-state index is 11.7. The maximum Gasteiger partial charge on any atom is 0.416 e. The van der Waals surface area contributed by atoms with Crippen LogP contribution in [0.4, 0.5) is 4.79 Å². The monoisotopic (exact) mass is 281 g/mol. The van der Waals surface area contributed by atoms with Crippen LogP contribution < -0.4 is 10.1 Å². The number of allylic oxidation sites excluding steroid dienone is 1. The van der Waals surface area contributed by atoms with Crippen LogP contribution in [0.2, 0.25) is 0 Å². The molecule has 19 heavy (non-hydrogen) atoms. The molecule has 1 N–H and O–H groups in total. The number of amides is 1. The van der Waals surface area contributed by atoms with Crippen molar-refractivity contribution in [2.45, 2.75) is 39.5 Å². The van der Waals surface area contributed by atoms with Crippen LogP contribution in [0.5, 0.6) is 5.75 Å². The molecule has 0 aliphatic carbocycles. The summed E-state index contributed by atoms with van der Waals surface area (Å²) in [6, 6.07) is 7.57. The second kappa shape index (κ2) is 7.85. The Hall–Kier alpha value is -1.48. The van der Waals surface area contributed by atoms with E-state index in [9.17, 15) is 4.79 Å². The lowest BCUT2D eigenvalue weighted by Gasteiger charge is -2.14. The highest BCUT2D eigenvalue weighted by atomic mass is 35.5. The van der Waals surface area contributed by atoms with Crippen LogP contribution in [0.1, 0.15) is 45.1 Å². The first-order chi connectivity index (χ1) is 9.08. The molecule has 0 fully saturated rings. The van der Waals surface area contributed by atoms with E-state index in [0.29, 0.717) is 23.1 Å². The van der Waals surface area contributed by atoms with Gasteiger partial charge >= 0.3 is 6.09 Å². The summed E-state index contributed by atoms with van der Waals surface area (Å²) in [5.41, 5.74) is 1.03. The predicted octanol–water partition coefficient (Wildman–Crippen LogP) is 4.78. The van der Waals surface area contributed by atoms with E-state index >= 15 is 0 Å². The minimum Gasteiger partial charge on any atom is -0.410 e. The molecule has 0 heterocycles. The van der Waals surface area contributed by atoms with Crippen molar-refractivity contribution >= 4 is 17.7 Å². The lowest BCUT2D eigenvalue weighted by Crippen LogP contribution is -2.22. The summed E-state index contributed by atoms with van der Waals surface area (Å²) in [7, 11) is 0. The van der Waals surface area contributed by atoms with Gasteiger partial charge in [-0.1, -0.05) is 50.6 Å². The summed E-state index contributed by atoms with van der Waals surface area (Å²) >= 11 is 5.81. The molecule has 4 heteroatoms. The molecule has 0 aliphatic heterocycles. The van der Waals surface area contributed by atoms with Crippen molar-refractivity contribution in [1.82, 2.24) is 5.32 Å². The van der Waals surface area contributed by atoms with Crippen LogP contribution >= 0.6 is 11.6 Å². The van der Waals surface area contributed by atoms with Gasteiger partial charge in [0.2, 0.25) is 0 Å². The van der Waals surface area contributed by atoms with Crippen LogP contribution in [0.3, 0.4) is 0 Å². The fraction of sp³-hybridized carbons (Fsp3) is 0.400. The molecule has 104 valence electrons. The van der Waals surface area contributed by atoms with Gasteiger partial charge in [-0.15, -0.1) is 0 Å². The summed E-state index contributed by atoms with van der Waals surface area (Å²) in [5, 5.41) is 3.09. The lowest BCUT2D eigenvalue weighted by molar-refractivity contribution is 0.204. The number of hydrogen-bond donors (Lipinski definition) is 1. The summed E-state index contributed by atoms with van der Waals surface area (Å²) in [5.74, 6) is 0.939. The molecular formula is C15H20ClNO2. The van der Waals surface area contributed by atoms with Crippen LogP contribution in [0.25, 0.3) is 0 Å². The van der Waals surface area contributed by atoms with E-state index in [1.807, 2.05) is 25.1 Å². The third-order valence-corrected chi connectivity index (χ3v) is 3.33. The fourth-order valence-corrected chi connectivity index (χ4v) is 1.62. The van der Waals surface area contributed by atoms with Gasteiger partial charge in [0.05, 0.1) is 0 Å². The molecule has 0 spiro atoms. The van der Waals surface area contributed by atoms with Gasteiger partial charge < -0.3 is 4.74 Å². The molecule has 0 saturated carbocycles. The SMILES string of the molecule is CCC(Cl)=CNC(=O)Oc1ccccc1C(C)CC. The van der Waals surface area contributed by atoms with E-state index in [1.165, 1.54) is 6.20 Å². The molecule has 1 unspecified atom stereocenters. The second-order valence-electron chi connectivity index (χ2n) is 4.33. The number of benzene rings is 1. The highest BCUT2D eigenvalue weighted by molar-refractivity contribution is 6.29. The number of nitrogens with one attached hydrogen (secondary N) is 1. The maximum atomic E-state index is 11.7. The van der Waals surface area contributed by atoms with Crippen molar-refractivity contribution in [2.24, 2.45) is 0 Å². The number of ether oxygens (including phenoxy) is 1. The van der Waals surface area contributed by atoms with Crippen molar-refractivity contribution in [3.63, 3.8) is 0 Å². The third-order valence-electron chi connectivity index (χ3n) is 2.95. The normalized spacial score (nSPS) is 12.9. The van der Waals surface area contributed by atoms with E-state index < -0.39 is 6.09 Å². The van der Waals surface area contributed by atoms with Crippen molar-refractivity contribution in [3.8, 4) is 5.75 Å². The molecule has 0 saturated heterocycles. The van der Waals surface area contributed by atoms with E-state index in [4.69, 9.17) is 16.3 Å². The van der Waals surface area contributed by atoms with E-state index in [1.54, 1.807) is 6.07 Å². The van der Waals surface area contributed by atoms with Crippen molar-refractivity contribution in [2.75, 3.05) is 0 Å². The van der Waals surface area contributed by atoms with Gasteiger partial charge in [-0.3, -0.25) is 5.32 Å². The van der Waals surface area contributed by atoms with Crippen LogP contribution in [-0.2, 0) is 0 Å². The molecule has 1 amide bonds. The van der Waals surface area contributed by atoms with E-state index in [2.05, 4.69) is 19.2 Å². The molecule has 1 rings (SSSR count). The minimum absolute atomic E-state index is 0.346. The summed E-state index contributed by atoms with van der Waals surface area (Å²) < 4.78 is 5.31. The highest BCUT2D eigenvalue weighted by Gasteiger charge is 2.12. The Kier molecular flexibility index (Phi) is 6.43. The van der Waals surface area contributed by atoms with E-state index in [-0.39, 0.29) is 0 Å². The number of halogens is 1. The molecule has 0 aromatic heterocycles. The molecule has 1 aromatic carbocycles. The molecule has 1 atom stereocenters. The van der Waals surface area contributed by atoms with Gasteiger partial charge in [0.25, 0.3) is 0 Å². The van der Waals surface area contributed by atoms with Gasteiger partial charge in [0.1, 0.15) is 5.75 Å². The zero-order chi connectivity index (χ0) is 14.3. The summed E-state index contributed by atoms with van der Waals surface area (Å²) in [6.45, 7) is 6.11. The first kappa shape index (κ1) is 15.6. The number of rotatable bonds is 5. The Morgan fingerprint density at radius 2 is 2.11 bits per heavy atom. The van der Waals surface area contributed by atoms with Crippen molar-refractivity contribution < 1.29 is 9.53 Å². The van der Waals surface area contributed by atoms with E-state index in [0.717, 1.165) is 12.0 Å². The Bertz CT molecular complexity index is 457. The average molecular weight is 282 g/mol. The topological polar surface area (TPSA) is 38.3 Å². The van der Waals surface area contributed by atoms with Gasteiger partial charge in [0.15, 0.2) is 0 Å². The Balaban J connectivity index is 2.74.